The van der Waals surface area contributed by atoms with Gasteiger partial charge in [0, 0.05) is 10.2 Å². The van der Waals surface area contributed by atoms with Crippen LogP contribution in [0.5, 0.6) is 0 Å². The van der Waals surface area contributed by atoms with E-state index in [2.05, 4.69) is 21.2 Å². The summed E-state index contributed by atoms with van der Waals surface area (Å²) in [5.41, 5.74) is 6.30. The van der Waals surface area contributed by atoms with E-state index in [-0.39, 0.29) is 5.92 Å². The van der Waals surface area contributed by atoms with E-state index in [4.69, 9.17) is 5.73 Å². The lowest BCUT2D eigenvalue weighted by molar-refractivity contribution is -0.139. The quantitative estimate of drug-likeness (QED) is 0.757. The number of carbonyl (C=O) groups excluding carboxylic acids is 1. The second-order valence-corrected chi connectivity index (χ2v) is 6.27. The summed E-state index contributed by atoms with van der Waals surface area (Å²) in [6.07, 6.45) is 5.22. The highest BCUT2D eigenvalue weighted by molar-refractivity contribution is 9.10. The molecular weight excluding hydrogens is 336 g/mol. The smallest absolute Gasteiger partial charge is 0.326 e. The van der Waals surface area contributed by atoms with Crippen LogP contribution in [0.15, 0.2) is 22.7 Å². The second-order valence-electron chi connectivity index (χ2n) is 5.42. The summed E-state index contributed by atoms with van der Waals surface area (Å²) in [6, 6.07) is 4.37. The molecule has 1 aliphatic rings. The average molecular weight is 355 g/mol. The molecule has 6 heteroatoms. The molecule has 0 heterocycles. The van der Waals surface area contributed by atoms with Gasteiger partial charge in [-0.2, -0.15) is 0 Å². The van der Waals surface area contributed by atoms with Crippen LogP contribution < -0.4 is 11.1 Å². The van der Waals surface area contributed by atoms with Gasteiger partial charge in [-0.05, 0) is 52.9 Å². The van der Waals surface area contributed by atoms with E-state index in [1.54, 1.807) is 18.2 Å². The van der Waals surface area contributed by atoms with E-state index in [9.17, 15) is 14.7 Å². The van der Waals surface area contributed by atoms with Gasteiger partial charge in [0.2, 0.25) is 5.91 Å². The molecule has 21 heavy (non-hydrogen) atoms. The Bertz CT molecular complexity index is 542. The number of nitrogens with two attached hydrogens (primary N) is 1. The lowest BCUT2D eigenvalue weighted by Gasteiger charge is -2.28. The number of primary amides is 1. The molecule has 1 aromatic rings. The number of rotatable bonds is 5. The van der Waals surface area contributed by atoms with Crippen molar-refractivity contribution in [2.75, 3.05) is 5.32 Å². The molecular formula is C15H19BrN2O3. The first-order chi connectivity index (χ1) is 9.99. The molecule has 0 radical (unpaired) electrons. The maximum Gasteiger partial charge on any atom is 0.326 e. The number of hydrogen-bond donors (Lipinski definition) is 3. The van der Waals surface area contributed by atoms with Crippen molar-refractivity contribution in [3.8, 4) is 0 Å². The third kappa shape index (κ3) is 3.97. The van der Waals surface area contributed by atoms with Gasteiger partial charge >= 0.3 is 5.97 Å². The van der Waals surface area contributed by atoms with Gasteiger partial charge in [0.25, 0.3) is 0 Å². The largest absolute Gasteiger partial charge is 0.480 e. The number of benzene rings is 1. The van der Waals surface area contributed by atoms with Gasteiger partial charge in [0.1, 0.15) is 6.04 Å². The number of carboxylic acids is 1. The van der Waals surface area contributed by atoms with Gasteiger partial charge < -0.3 is 16.2 Å². The van der Waals surface area contributed by atoms with Crippen LogP contribution in [-0.4, -0.2) is 23.0 Å². The Kier molecular flexibility index (Phi) is 5.22. The predicted molar refractivity (Wildman–Crippen MR) is 84.3 cm³/mol. The zero-order chi connectivity index (χ0) is 15.4. The molecule has 5 nitrogen and oxygen atoms in total. The lowest BCUT2D eigenvalue weighted by atomic mass is 9.84. The number of carbonyl (C=O) groups is 2. The molecule has 1 aliphatic carbocycles. The van der Waals surface area contributed by atoms with E-state index < -0.39 is 17.9 Å². The molecule has 0 aromatic heterocycles. The van der Waals surface area contributed by atoms with Crippen LogP contribution in [0, 0.1) is 5.92 Å². The van der Waals surface area contributed by atoms with Crippen molar-refractivity contribution in [2.24, 2.45) is 11.7 Å². The highest BCUT2D eigenvalue weighted by Gasteiger charge is 2.29. The molecule has 114 valence electrons. The summed E-state index contributed by atoms with van der Waals surface area (Å²) in [4.78, 5) is 22.7. The van der Waals surface area contributed by atoms with E-state index in [0.717, 1.165) is 25.7 Å². The first-order valence-corrected chi connectivity index (χ1v) is 7.87. The van der Waals surface area contributed by atoms with Crippen LogP contribution in [0.1, 0.15) is 42.5 Å². The number of nitrogens with one attached hydrogen (secondary N) is 1. The van der Waals surface area contributed by atoms with Crippen LogP contribution in [0.4, 0.5) is 5.69 Å². The third-order valence-electron chi connectivity index (χ3n) is 3.94. The molecule has 4 N–H and O–H groups in total. The highest BCUT2D eigenvalue weighted by atomic mass is 79.9. The first kappa shape index (κ1) is 15.8. The Morgan fingerprint density at radius 1 is 1.29 bits per heavy atom. The van der Waals surface area contributed by atoms with Crippen molar-refractivity contribution in [3.63, 3.8) is 0 Å². The molecule has 0 aliphatic heterocycles. The molecule has 1 fully saturated rings. The van der Waals surface area contributed by atoms with Crippen molar-refractivity contribution >= 4 is 33.5 Å². The molecule has 0 bridgehead atoms. The maximum atomic E-state index is 11.5. The Hall–Kier alpha value is -1.56. The second kappa shape index (κ2) is 6.93. The minimum atomic E-state index is -0.836. The summed E-state index contributed by atoms with van der Waals surface area (Å²) >= 11 is 3.28. The number of hydrogen-bond acceptors (Lipinski definition) is 3. The van der Waals surface area contributed by atoms with Gasteiger partial charge in [-0.1, -0.05) is 19.3 Å². The van der Waals surface area contributed by atoms with E-state index >= 15 is 0 Å². The number of anilines is 1. The van der Waals surface area contributed by atoms with Crippen LogP contribution in [0.25, 0.3) is 0 Å². The van der Waals surface area contributed by atoms with E-state index in [1.807, 2.05) is 0 Å². The van der Waals surface area contributed by atoms with E-state index in [1.165, 1.54) is 6.42 Å². The monoisotopic (exact) mass is 354 g/mol. The van der Waals surface area contributed by atoms with Gasteiger partial charge in [0.15, 0.2) is 0 Å². The topological polar surface area (TPSA) is 92.4 Å². The van der Waals surface area contributed by atoms with Gasteiger partial charge in [-0.25, -0.2) is 4.79 Å². The zero-order valence-corrected chi connectivity index (χ0v) is 13.2. The van der Waals surface area contributed by atoms with Crippen molar-refractivity contribution in [1.82, 2.24) is 0 Å². The van der Waals surface area contributed by atoms with Crippen molar-refractivity contribution in [3.05, 3.63) is 28.2 Å². The van der Waals surface area contributed by atoms with Crippen LogP contribution in [0.3, 0.4) is 0 Å². The molecule has 0 saturated heterocycles. The SMILES string of the molecule is NC(=O)c1ccc(NC(C(=O)O)C2CCCCC2)cc1Br. The number of amides is 1. The predicted octanol–water partition coefficient (Wildman–Crippen LogP) is 2.99. The average Bonchev–Trinajstić information content (AvgIpc) is 2.45. The molecule has 0 spiro atoms. The Morgan fingerprint density at radius 2 is 1.95 bits per heavy atom. The van der Waals surface area contributed by atoms with E-state index in [0.29, 0.717) is 15.7 Å². The summed E-state index contributed by atoms with van der Waals surface area (Å²) in [7, 11) is 0. The van der Waals surface area contributed by atoms with Crippen LogP contribution in [-0.2, 0) is 4.79 Å². The fourth-order valence-electron chi connectivity index (χ4n) is 2.83. The standard InChI is InChI=1S/C15H19BrN2O3/c16-12-8-10(6-7-11(12)14(17)19)18-13(15(20)21)9-4-2-1-3-5-9/h6-9,13,18H,1-5H2,(H2,17,19)(H,20,21). The third-order valence-corrected chi connectivity index (χ3v) is 4.60. The van der Waals surface area contributed by atoms with Gasteiger partial charge in [-0.15, -0.1) is 0 Å². The molecule has 1 saturated carbocycles. The number of halogens is 1. The first-order valence-electron chi connectivity index (χ1n) is 7.07. The Balaban J connectivity index is 2.15. The molecule has 1 amide bonds. The summed E-state index contributed by atoms with van der Waals surface area (Å²) in [6.45, 7) is 0. The Morgan fingerprint density at radius 3 is 2.48 bits per heavy atom. The summed E-state index contributed by atoms with van der Waals surface area (Å²) in [5.74, 6) is -1.21. The summed E-state index contributed by atoms with van der Waals surface area (Å²) < 4.78 is 0.563. The zero-order valence-electron chi connectivity index (χ0n) is 11.6. The Labute approximate surface area is 132 Å². The highest BCUT2D eigenvalue weighted by Crippen LogP contribution is 2.29. The maximum absolute atomic E-state index is 11.5. The van der Waals surface area contributed by atoms with Crippen LogP contribution in [0.2, 0.25) is 0 Å². The molecule has 1 atom stereocenters. The molecule has 1 unspecified atom stereocenters. The minimum absolute atomic E-state index is 0.144. The fraction of sp³-hybridized carbons (Fsp3) is 0.467. The molecule has 2 rings (SSSR count). The van der Waals surface area contributed by atoms with Crippen molar-refractivity contribution in [2.45, 2.75) is 38.1 Å². The number of aliphatic carboxylic acids is 1. The minimum Gasteiger partial charge on any atom is -0.480 e. The summed E-state index contributed by atoms with van der Waals surface area (Å²) in [5, 5.41) is 12.5. The number of carboxylic acid groups (broad SMARTS) is 1. The molecule has 1 aromatic carbocycles. The fourth-order valence-corrected chi connectivity index (χ4v) is 3.41. The van der Waals surface area contributed by atoms with Crippen molar-refractivity contribution in [1.29, 1.82) is 0 Å². The lowest BCUT2D eigenvalue weighted by Crippen LogP contribution is -2.38. The van der Waals surface area contributed by atoms with Crippen LogP contribution >= 0.6 is 15.9 Å². The van der Waals surface area contributed by atoms with Gasteiger partial charge in [-0.3, -0.25) is 4.79 Å². The van der Waals surface area contributed by atoms with Crippen molar-refractivity contribution < 1.29 is 14.7 Å². The van der Waals surface area contributed by atoms with Gasteiger partial charge in [0.05, 0.1) is 5.56 Å². The normalized spacial score (nSPS) is 17.2.